The highest BCUT2D eigenvalue weighted by Crippen LogP contribution is 2.53. The number of ether oxygens (including phenoxy) is 1. The zero-order valence-corrected chi connectivity index (χ0v) is 20.3. The molecular weight excluding hydrogens is 464 g/mol. The maximum absolute atomic E-state index is 12.7. The van der Waals surface area contributed by atoms with E-state index >= 15 is 0 Å². The van der Waals surface area contributed by atoms with Crippen LogP contribution in [-0.2, 0) is 10.2 Å². The summed E-state index contributed by atoms with van der Waals surface area (Å²) in [6.45, 7) is 1.39. The summed E-state index contributed by atoms with van der Waals surface area (Å²) >= 11 is 0. The molecule has 1 N–H and O–H groups in total. The number of hydrogen-bond acceptors (Lipinski definition) is 6. The summed E-state index contributed by atoms with van der Waals surface area (Å²) in [7, 11) is 0. The van der Waals surface area contributed by atoms with E-state index < -0.39 is 0 Å². The van der Waals surface area contributed by atoms with Gasteiger partial charge in [-0.1, -0.05) is 24.3 Å². The second-order valence-electron chi connectivity index (χ2n) is 9.93. The highest BCUT2D eigenvalue weighted by molar-refractivity contribution is 5.94. The van der Waals surface area contributed by atoms with Gasteiger partial charge >= 0.3 is 0 Å². The van der Waals surface area contributed by atoms with Crippen LogP contribution in [0.4, 0.5) is 0 Å². The Kier molecular flexibility index (Phi) is 5.21. The number of pyridine rings is 1. The molecule has 8 heteroatoms. The zero-order chi connectivity index (χ0) is 24.8. The van der Waals surface area contributed by atoms with Crippen molar-refractivity contribution in [2.24, 2.45) is 0 Å². The van der Waals surface area contributed by atoms with Crippen LogP contribution in [0.2, 0.25) is 0 Å². The van der Waals surface area contributed by atoms with Gasteiger partial charge in [0, 0.05) is 47.4 Å². The number of hydrogen-bond donors (Lipinski definition) is 1. The maximum atomic E-state index is 12.7. The number of imidazole rings is 1. The molecule has 7 rings (SSSR count). The Bertz CT molecular complexity index is 1620. The van der Waals surface area contributed by atoms with Crippen molar-refractivity contribution in [3.63, 3.8) is 0 Å². The highest BCUT2D eigenvalue weighted by Gasteiger charge is 2.48. The second-order valence-corrected chi connectivity index (χ2v) is 9.93. The first-order valence-electron chi connectivity index (χ1n) is 12.8. The number of amides is 1. The van der Waals surface area contributed by atoms with Crippen LogP contribution in [0.15, 0.2) is 73.2 Å². The molecule has 0 bridgehead atoms. The molecule has 3 aromatic heterocycles. The molecule has 2 aliphatic rings. The Morgan fingerprint density at radius 2 is 1.78 bits per heavy atom. The Labute approximate surface area is 213 Å². The van der Waals surface area contributed by atoms with Crippen molar-refractivity contribution in [1.82, 2.24) is 29.9 Å². The van der Waals surface area contributed by atoms with E-state index in [1.165, 1.54) is 5.56 Å². The molecule has 4 heterocycles. The van der Waals surface area contributed by atoms with E-state index in [0.29, 0.717) is 24.6 Å². The van der Waals surface area contributed by atoms with Gasteiger partial charge in [-0.2, -0.15) is 9.61 Å². The molecule has 1 saturated heterocycles. The molecule has 0 spiro atoms. The molecule has 37 heavy (non-hydrogen) atoms. The number of fused-ring (bicyclic) bond motifs is 2. The van der Waals surface area contributed by atoms with Crippen molar-refractivity contribution in [2.45, 2.75) is 37.1 Å². The van der Waals surface area contributed by atoms with Crippen molar-refractivity contribution >= 4 is 22.6 Å². The number of carbonyl (C=O) groups is 1. The van der Waals surface area contributed by atoms with Crippen LogP contribution in [0.25, 0.3) is 27.9 Å². The zero-order valence-electron chi connectivity index (χ0n) is 20.3. The fraction of sp³-hybridized carbons (Fsp3) is 0.276. The van der Waals surface area contributed by atoms with E-state index in [-0.39, 0.29) is 17.4 Å². The molecule has 0 radical (unpaired) electrons. The van der Waals surface area contributed by atoms with Gasteiger partial charge in [-0.3, -0.25) is 9.78 Å². The largest absolute Gasteiger partial charge is 0.381 e. The van der Waals surface area contributed by atoms with Gasteiger partial charge in [0.15, 0.2) is 0 Å². The van der Waals surface area contributed by atoms with Crippen molar-refractivity contribution in [2.75, 3.05) is 13.2 Å². The fourth-order valence-electron chi connectivity index (χ4n) is 5.33. The number of rotatable bonds is 5. The molecular formula is C29H26N6O2. The van der Waals surface area contributed by atoms with Gasteiger partial charge in [0.2, 0.25) is 0 Å². The summed E-state index contributed by atoms with van der Waals surface area (Å²) in [6, 6.07) is 18.3. The van der Waals surface area contributed by atoms with Gasteiger partial charge < -0.3 is 10.1 Å². The number of nitrogens with zero attached hydrogens (tertiary/aromatic N) is 5. The minimum Gasteiger partial charge on any atom is -0.381 e. The van der Waals surface area contributed by atoms with Crippen molar-refractivity contribution in [1.29, 1.82) is 0 Å². The molecule has 8 nitrogen and oxygen atoms in total. The van der Waals surface area contributed by atoms with Crippen LogP contribution in [0, 0.1) is 0 Å². The van der Waals surface area contributed by atoms with E-state index in [4.69, 9.17) is 9.84 Å². The average molecular weight is 491 g/mol. The SMILES string of the molecule is O=C(NC1CCOCC1)c1ccc(-c2cnc3ncc(C4(c5ccc6ncccc6c5)CC4)n3n2)cc1. The summed E-state index contributed by atoms with van der Waals surface area (Å²) in [6.07, 6.45) is 9.24. The third kappa shape index (κ3) is 3.94. The smallest absolute Gasteiger partial charge is 0.251 e. The minimum atomic E-state index is -0.122. The summed E-state index contributed by atoms with van der Waals surface area (Å²) in [5.41, 5.74) is 5.44. The van der Waals surface area contributed by atoms with Crippen molar-refractivity contribution in [3.8, 4) is 11.3 Å². The fourth-order valence-corrected chi connectivity index (χ4v) is 5.33. The van der Waals surface area contributed by atoms with Crippen molar-refractivity contribution < 1.29 is 9.53 Å². The molecule has 5 aromatic rings. The third-order valence-corrected chi connectivity index (χ3v) is 7.63. The Balaban J connectivity index is 1.18. The third-order valence-electron chi connectivity index (χ3n) is 7.63. The summed E-state index contributed by atoms with van der Waals surface area (Å²) < 4.78 is 7.26. The predicted octanol–water partition coefficient (Wildman–Crippen LogP) is 4.33. The molecule has 2 fully saturated rings. The predicted molar refractivity (Wildman–Crippen MR) is 139 cm³/mol. The first-order chi connectivity index (χ1) is 18.2. The number of benzene rings is 2. The van der Waals surface area contributed by atoms with Crippen LogP contribution in [0.5, 0.6) is 0 Å². The lowest BCUT2D eigenvalue weighted by Crippen LogP contribution is -2.38. The molecule has 184 valence electrons. The van der Waals surface area contributed by atoms with E-state index in [9.17, 15) is 4.79 Å². The van der Waals surface area contributed by atoms with Crippen LogP contribution >= 0.6 is 0 Å². The highest BCUT2D eigenvalue weighted by atomic mass is 16.5. The molecule has 1 saturated carbocycles. The van der Waals surface area contributed by atoms with E-state index in [2.05, 4.69) is 44.5 Å². The van der Waals surface area contributed by atoms with Crippen molar-refractivity contribution in [3.05, 3.63) is 90.0 Å². The minimum absolute atomic E-state index is 0.0573. The topological polar surface area (TPSA) is 94.3 Å². The Morgan fingerprint density at radius 1 is 0.973 bits per heavy atom. The molecule has 0 unspecified atom stereocenters. The number of nitrogens with one attached hydrogen (secondary N) is 1. The summed E-state index contributed by atoms with van der Waals surface area (Å²) in [5.74, 6) is 0.526. The van der Waals surface area contributed by atoms with E-state index in [1.54, 1.807) is 6.20 Å². The molecule has 0 atom stereocenters. The van der Waals surface area contributed by atoms with Gasteiger partial charge in [-0.15, -0.1) is 0 Å². The monoisotopic (exact) mass is 490 g/mol. The first kappa shape index (κ1) is 22.1. The lowest BCUT2D eigenvalue weighted by Gasteiger charge is -2.23. The number of aromatic nitrogens is 5. The van der Waals surface area contributed by atoms with Crippen LogP contribution in [-0.4, -0.2) is 49.7 Å². The summed E-state index contributed by atoms with van der Waals surface area (Å²) in [4.78, 5) is 26.3. The van der Waals surface area contributed by atoms with Gasteiger partial charge in [0.25, 0.3) is 11.7 Å². The lowest BCUT2D eigenvalue weighted by atomic mass is 9.91. The normalized spacial score (nSPS) is 17.2. The van der Waals surface area contributed by atoms with Crippen LogP contribution in [0.1, 0.15) is 47.3 Å². The van der Waals surface area contributed by atoms with Gasteiger partial charge in [-0.05, 0) is 61.6 Å². The van der Waals surface area contributed by atoms with E-state index in [0.717, 1.165) is 53.5 Å². The van der Waals surface area contributed by atoms with Crippen LogP contribution < -0.4 is 5.32 Å². The van der Waals surface area contributed by atoms with Crippen LogP contribution in [0.3, 0.4) is 0 Å². The molecule has 2 aromatic carbocycles. The van der Waals surface area contributed by atoms with E-state index in [1.807, 2.05) is 47.2 Å². The van der Waals surface area contributed by atoms with Gasteiger partial charge in [0.1, 0.15) is 5.69 Å². The van der Waals surface area contributed by atoms with Gasteiger partial charge in [0.05, 0.1) is 23.6 Å². The molecule has 1 aliphatic carbocycles. The number of carbonyl (C=O) groups excluding carboxylic acids is 1. The average Bonchev–Trinajstić information content (AvgIpc) is 3.65. The second kappa shape index (κ2) is 8.74. The van der Waals surface area contributed by atoms with Gasteiger partial charge in [-0.25, -0.2) is 9.97 Å². The first-order valence-corrected chi connectivity index (χ1v) is 12.8. The Hall–Kier alpha value is -4.17. The lowest BCUT2D eigenvalue weighted by molar-refractivity contribution is 0.0696. The Morgan fingerprint density at radius 3 is 2.59 bits per heavy atom. The molecule has 1 aliphatic heterocycles. The molecule has 1 amide bonds. The quantitative estimate of drug-likeness (QED) is 0.394. The maximum Gasteiger partial charge on any atom is 0.251 e. The standard InChI is InChI=1S/C29H26N6O2/c36-27(33-23-9-14-37-15-10-23)20-5-3-19(4-6-20)25-17-31-28-32-18-26(35(28)34-25)29(11-12-29)22-7-8-24-21(16-22)2-1-13-30-24/h1-8,13,16-18,23H,9-12,14-15H2,(H,33,36). The summed E-state index contributed by atoms with van der Waals surface area (Å²) in [5, 5.41) is 9.17.